The lowest BCUT2D eigenvalue weighted by atomic mass is 10.2. The molecule has 0 atom stereocenters. The van der Waals surface area contributed by atoms with Gasteiger partial charge in [-0.05, 0) is 54.0 Å². The molecule has 4 nitrogen and oxygen atoms in total. The third-order valence-electron chi connectivity index (χ3n) is 2.57. The van der Waals surface area contributed by atoms with Gasteiger partial charge < -0.3 is 5.32 Å². The maximum absolute atomic E-state index is 11.8. The number of aryl methyl sites for hydroxylation is 2. The molecule has 0 saturated carbocycles. The highest BCUT2D eigenvalue weighted by atomic mass is 79.9. The fourth-order valence-corrected chi connectivity index (χ4v) is 1.75. The quantitative estimate of drug-likeness (QED) is 0.875. The van der Waals surface area contributed by atoms with Crippen molar-refractivity contribution in [3.8, 4) is 0 Å². The summed E-state index contributed by atoms with van der Waals surface area (Å²) in [5.41, 5.74) is 2.72. The van der Waals surface area contributed by atoms with E-state index in [1.165, 1.54) is 0 Å². The van der Waals surface area contributed by atoms with Gasteiger partial charge in [0.2, 0.25) is 0 Å². The molecule has 0 aliphatic carbocycles. The minimum absolute atomic E-state index is 0.307. The lowest BCUT2D eigenvalue weighted by Crippen LogP contribution is -2.20. The van der Waals surface area contributed by atoms with E-state index in [4.69, 9.17) is 0 Å². The van der Waals surface area contributed by atoms with Crippen LogP contribution in [0.15, 0.2) is 40.9 Å². The number of aromatic nitrogens is 1. The first-order valence-electron chi connectivity index (χ1n) is 5.82. The number of carbonyl (C=O) groups is 1. The Bertz CT molecular complexity index is 596. The van der Waals surface area contributed by atoms with Crippen LogP contribution in [-0.2, 0) is 0 Å². The van der Waals surface area contributed by atoms with Crippen molar-refractivity contribution in [2.45, 2.75) is 13.8 Å². The average Bonchev–Trinajstić information content (AvgIpc) is 2.37. The number of urea groups is 1. The summed E-state index contributed by atoms with van der Waals surface area (Å²) < 4.78 is 0.914. The van der Waals surface area contributed by atoms with Gasteiger partial charge >= 0.3 is 6.03 Å². The van der Waals surface area contributed by atoms with Crippen molar-refractivity contribution in [2.75, 3.05) is 10.6 Å². The predicted molar refractivity (Wildman–Crippen MR) is 80.5 cm³/mol. The molecule has 0 unspecified atom stereocenters. The number of halogens is 1. The number of amides is 2. The van der Waals surface area contributed by atoms with Gasteiger partial charge in [0.25, 0.3) is 0 Å². The van der Waals surface area contributed by atoms with Gasteiger partial charge in [0.1, 0.15) is 5.82 Å². The fraction of sp³-hybridized carbons (Fsp3) is 0.143. The molecular formula is C14H14BrN3O. The number of hydrogen-bond acceptors (Lipinski definition) is 2. The van der Waals surface area contributed by atoms with Crippen LogP contribution in [0.1, 0.15) is 11.3 Å². The zero-order chi connectivity index (χ0) is 13.8. The molecule has 2 amide bonds. The summed E-state index contributed by atoms with van der Waals surface area (Å²) in [5.74, 6) is 0.519. The molecule has 0 fully saturated rings. The zero-order valence-corrected chi connectivity index (χ0v) is 12.3. The Labute approximate surface area is 120 Å². The van der Waals surface area contributed by atoms with Gasteiger partial charge in [-0.3, -0.25) is 5.32 Å². The van der Waals surface area contributed by atoms with Crippen molar-refractivity contribution in [1.82, 2.24) is 4.98 Å². The molecule has 0 aliphatic heterocycles. The summed E-state index contributed by atoms with van der Waals surface area (Å²) in [6.07, 6.45) is 0. The predicted octanol–water partition coefficient (Wildman–Crippen LogP) is 4.10. The maximum atomic E-state index is 11.8. The lowest BCUT2D eigenvalue weighted by molar-refractivity contribution is 0.262. The highest BCUT2D eigenvalue weighted by molar-refractivity contribution is 9.10. The molecule has 1 heterocycles. The van der Waals surface area contributed by atoms with Gasteiger partial charge in [0.05, 0.1) is 5.69 Å². The Morgan fingerprint density at radius 3 is 2.37 bits per heavy atom. The van der Waals surface area contributed by atoms with Gasteiger partial charge in [0.15, 0.2) is 0 Å². The summed E-state index contributed by atoms with van der Waals surface area (Å²) in [5, 5.41) is 5.44. The SMILES string of the molecule is Cc1ccc(NC(=O)Nc2ccc(Br)c(C)n2)cc1. The standard InChI is InChI=1S/C14H14BrN3O/c1-9-3-5-11(6-4-9)17-14(19)18-13-8-7-12(15)10(2)16-13/h3-8H,1-2H3,(H2,16,17,18,19). The summed E-state index contributed by atoms with van der Waals surface area (Å²) in [4.78, 5) is 16.0. The van der Waals surface area contributed by atoms with Gasteiger partial charge in [-0.1, -0.05) is 17.7 Å². The van der Waals surface area contributed by atoms with Crippen molar-refractivity contribution >= 4 is 33.5 Å². The van der Waals surface area contributed by atoms with E-state index in [-0.39, 0.29) is 6.03 Å². The normalized spacial score (nSPS) is 10.1. The molecule has 5 heteroatoms. The average molecular weight is 320 g/mol. The van der Waals surface area contributed by atoms with Crippen LogP contribution >= 0.6 is 15.9 Å². The van der Waals surface area contributed by atoms with Gasteiger partial charge in [0, 0.05) is 10.2 Å². The Kier molecular flexibility index (Phi) is 4.16. The van der Waals surface area contributed by atoms with Crippen LogP contribution in [0.2, 0.25) is 0 Å². The zero-order valence-electron chi connectivity index (χ0n) is 10.7. The number of nitrogens with zero attached hydrogens (tertiary/aromatic N) is 1. The molecule has 2 rings (SSSR count). The monoisotopic (exact) mass is 319 g/mol. The molecule has 98 valence electrons. The second-order valence-electron chi connectivity index (χ2n) is 4.21. The first-order valence-corrected chi connectivity index (χ1v) is 6.62. The smallest absolute Gasteiger partial charge is 0.308 e. The van der Waals surface area contributed by atoms with Crippen LogP contribution in [0, 0.1) is 13.8 Å². The minimum atomic E-state index is -0.307. The van der Waals surface area contributed by atoms with E-state index in [2.05, 4.69) is 31.5 Å². The highest BCUT2D eigenvalue weighted by Gasteiger charge is 2.04. The third kappa shape index (κ3) is 3.79. The van der Waals surface area contributed by atoms with Gasteiger partial charge in [-0.2, -0.15) is 0 Å². The van der Waals surface area contributed by atoms with Crippen LogP contribution < -0.4 is 10.6 Å². The van der Waals surface area contributed by atoms with Crippen LogP contribution in [0.5, 0.6) is 0 Å². The van der Waals surface area contributed by atoms with E-state index >= 15 is 0 Å². The van der Waals surface area contributed by atoms with Crippen molar-refractivity contribution < 1.29 is 4.79 Å². The first-order chi connectivity index (χ1) is 9.04. The molecule has 0 spiro atoms. The molecular weight excluding hydrogens is 306 g/mol. The molecule has 1 aromatic heterocycles. The molecule has 0 bridgehead atoms. The largest absolute Gasteiger partial charge is 0.324 e. The van der Waals surface area contributed by atoms with E-state index in [0.717, 1.165) is 21.4 Å². The minimum Gasteiger partial charge on any atom is -0.308 e. The van der Waals surface area contributed by atoms with Crippen molar-refractivity contribution in [1.29, 1.82) is 0 Å². The molecule has 0 radical (unpaired) electrons. The number of rotatable bonds is 2. The first kappa shape index (κ1) is 13.5. The van der Waals surface area contributed by atoms with E-state index in [1.807, 2.05) is 44.2 Å². The van der Waals surface area contributed by atoms with Crippen LogP contribution in [0.3, 0.4) is 0 Å². The lowest BCUT2D eigenvalue weighted by Gasteiger charge is -2.08. The second kappa shape index (κ2) is 5.84. The molecule has 2 aromatic rings. The maximum Gasteiger partial charge on any atom is 0.324 e. The van der Waals surface area contributed by atoms with E-state index in [1.54, 1.807) is 6.07 Å². The number of anilines is 2. The van der Waals surface area contributed by atoms with Gasteiger partial charge in [-0.15, -0.1) is 0 Å². The van der Waals surface area contributed by atoms with Crippen LogP contribution in [0.25, 0.3) is 0 Å². The number of carbonyl (C=O) groups excluding carboxylic acids is 1. The molecule has 0 saturated heterocycles. The molecule has 19 heavy (non-hydrogen) atoms. The summed E-state index contributed by atoms with van der Waals surface area (Å²) >= 11 is 3.37. The van der Waals surface area contributed by atoms with E-state index in [0.29, 0.717) is 5.82 Å². The fourth-order valence-electron chi connectivity index (χ4n) is 1.53. The Morgan fingerprint density at radius 1 is 1.05 bits per heavy atom. The molecule has 2 N–H and O–H groups in total. The van der Waals surface area contributed by atoms with Crippen molar-refractivity contribution in [3.63, 3.8) is 0 Å². The summed E-state index contributed by atoms with van der Waals surface area (Å²) in [6.45, 7) is 3.87. The van der Waals surface area contributed by atoms with Crippen molar-refractivity contribution in [3.05, 3.63) is 52.1 Å². The second-order valence-corrected chi connectivity index (χ2v) is 5.06. The highest BCUT2D eigenvalue weighted by Crippen LogP contribution is 2.16. The van der Waals surface area contributed by atoms with Crippen LogP contribution in [-0.4, -0.2) is 11.0 Å². The summed E-state index contributed by atoms with van der Waals surface area (Å²) in [7, 11) is 0. The van der Waals surface area contributed by atoms with E-state index in [9.17, 15) is 4.79 Å². The topological polar surface area (TPSA) is 54.0 Å². The number of nitrogens with one attached hydrogen (secondary N) is 2. The number of pyridine rings is 1. The van der Waals surface area contributed by atoms with Crippen molar-refractivity contribution in [2.24, 2.45) is 0 Å². The summed E-state index contributed by atoms with van der Waals surface area (Å²) in [6, 6.07) is 10.9. The Balaban J connectivity index is 2.01. The number of benzene rings is 1. The van der Waals surface area contributed by atoms with E-state index < -0.39 is 0 Å². The molecule has 0 aliphatic rings. The third-order valence-corrected chi connectivity index (χ3v) is 3.41. The Morgan fingerprint density at radius 2 is 1.74 bits per heavy atom. The van der Waals surface area contributed by atoms with Gasteiger partial charge in [-0.25, -0.2) is 9.78 Å². The molecule has 1 aromatic carbocycles. The Hall–Kier alpha value is -1.88. The van der Waals surface area contributed by atoms with Crippen LogP contribution in [0.4, 0.5) is 16.3 Å². The number of hydrogen-bond donors (Lipinski definition) is 2.